The second-order valence-corrected chi connectivity index (χ2v) is 7.35. The van der Waals surface area contributed by atoms with Gasteiger partial charge in [-0.3, -0.25) is 4.79 Å². The number of ether oxygens (including phenoxy) is 1. The Balaban J connectivity index is 1.77. The van der Waals surface area contributed by atoms with Gasteiger partial charge in [0.15, 0.2) is 5.78 Å². The number of rotatable bonds is 6. The van der Waals surface area contributed by atoms with E-state index < -0.39 is 0 Å². The highest BCUT2D eigenvalue weighted by Crippen LogP contribution is 2.30. The molecule has 1 heterocycles. The van der Waals surface area contributed by atoms with Crippen molar-refractivity contribution in [2.75, 3.05) is 7.11 Å². The lowest BCUT2D eigenvalue weighted by Crippen LogP contribution is -2.00. The summed E-state index contributed by atoms with van der Waals surface area (Å²) in [4.78, 5) is 12.8. The third-order valence-electron chi connectivity index (χ3n) is 4.96. The first-order chi connectivity index (χ1) is 14.6. The lowest BCUT2D eigenvalue weighted by atomic mass is 10.1. The van der Waals surface area contributed by atoms with Crippen LogP contribution in [0.15, 0.2) is 85.1 Å². The molecule has 0 aliphatic rings. The number of para-hydroxylation sites is 1. The van der Waals surface area contributed by atoms with E-state index in [1.807, 2.05) is 53.2 Å². The number of halogens is 1. The Hall–Kier alpha value is -3.50. The van der Waals surface area contributed by atoms with Crippen LogP contribution in [0.2, 0.25) is 5.02 Å². The van der Waals surface area contributed by atoms with Crippen molar-refractivity contribution in [2.45, 2.75) is 6.54 Å². The number of carbonyl (C=O) groups excluding carboxylic acids is 1. The first kappa shape index (κ1) is 19.8. The lowest BCUT2D eigenvalue weighted by Gasteiger charge is -2.05. The van der Waals surface area contributed by atoms with Gasteiger partial charge < -0.3 is 14.4 Å². The first-order valence-electron chi connectivity index (χ1n) is 9.47. The van der Waals surface area contributed by atoms with E-state index in [0.717, 1.165) is 16.5 Å². The van der Waals surface area contributed by atoms with Crippen molar-refractivity contribution in [1.82, 2.24) is 4.57 Å². The number of aliphatic hydroxyl groups is 1. The van der Waals surface area contributed by atoms with Gasteiger partial charge in [-0.25, -0.2) is 0 Å². The number of aromatic nitrogens is 1. The van der Waals surface area contributed by atoms with Gasteiger partial charge in [0.25, 0.3) is 0 Å². The van der Waals surface area contributed by atoms with Crippen LogP contribution >= 0.6 is 11.6 Å². The van der Waals surface area contributed by atoms with Crippen molar-refractivity contribution in [2.24, 2.45) is 0 Å². The molecule has 150 valence electrons. The Kier molecular flexibility index (Phi) is 5.59. The van der Waals surface area contributed by atoms with Gasteiger partial charge in [0, 0.05) is 40.3 Å². The van der Waals surface area contributed by atoms with Crippen LogP contribution in [0.3, 0.4) is 0 Å². The zero-order valence-electron chi connectivity index (χ0n) is 16.4. The smallest absolute Gasteiger partial charge is 0.193 e. The summed E-state index contributed by atoms with van der Waals surface area (Å²) in [6.07, 6.45) is 3.07. The average Bonchev–Trinajstić information content (AvgIpc) is 3.11. The number of ketones is 1. The fraction of sp³-hybridized carbons (Fsp3) is 0.0800. The number of nitrogens with zero attached hydrogens (tertiary/aromatic N) is 1. The molecule has 0 radical (unpaired) electrons. The van der Waals surface area contributed by atoms with E-state index in [9.17, 15) is 9.90 Å². The SMILES string of the molecule is COc1ccccc1C(=O)C=C(O)c1cn(Cc2ccccc2)c2ccc(Cl)cc12. The van der Waals surface area contributed by atoms with Crippen LogP contribution in [0, 0.1) is 0 Å². The zero-order chi connectivity index (χ0) is 21.1. The van der Waals surface area contributed by atoms with Crippen LogP contribution in [-0.2, 0) is 6.54 Å². The summed E-state index contributed by atoms with van der Waals surface area (Å²) in [7, 11) is 1.51. The molecule has 0 atom stereocenters. The minimum Gasteiger partial charge on any atom is -0.507 e. The van der Waals surface area contributed by atoms with Crippen molar-refractivity contribution in [3.05, 3.63) is 107 Å². The van der Waals surface area contributed by atoms with Crippen molar-refractivity contribution in [3.63, 3.8) is 0 Å². The van der Waals surface area contributed by atoms with Crippen LogP contribution < -0.4 is 4.74 Å². The molecule has 0 unspecified atom stereocenters. The van der Waals surface area contributed by atoms with Gasteiger partial charge in [-0.15, -0.1) is 0 Å². The number of carbonyl (C=O) groups is 1. The fourth-order valence-corrected chi connectivity index (χ4v) is 3.68. The van der Waals surface area contributed by atoms with Crippen LogP contribution in [0.4, 0.5) is 0 Å². The molecule has 1 aromatic heterocycles. The molecule has 1 N–H and O–H groups in total. The molecule has 4 rings (SSSR count). The van der Waals surface area contributed by atoms with Crippen LogP contribution in [0.25, 0.3) is 16.7 Å². The maximum atomic E-state index is 12.8. The number of hydrogen-bond acceptors (Lipinski definition) is 3. The number of allylic oxidation sites excluding steroid dienone is 1. The third-order valence-corrected chi connectivity index (χ3v) is 5.19. The molecule has 4 nitrogen and oxygen atoms in total. The van der Waals surface area contributed by atoms with Gasteiger partial charge in [-0.2, -0.15) is 0 Å². The van der Waals surface area contributed by atoms with E-state index in [4.69, 9.17) is 16.3 Å². The van der Waals surface area contributed by atoms with E-state index in [1.165, 1.54) is 13.2 Å². The molecule has 0 spiro atoms. The molecule has 0 aliphatic carbocycles. The Labute approximate surface area is 179 Å². The third kappa shape index (κ3) is 3.95. The minimum absolute atomic E-state index is 0.120. The maximum Gasteiger partial charge on any atom is 0.193 e. The quantitative estimate of drug-likeness (QED) is 0.233. The minimum atomic E-state index is -0.337. The fourth-order valence-electron chi connectivity index (χ4n) is 3.51. The first-order valence-corrected chi connectivity index (χ1v) is 9.85. The molecule has 5 heteroatoms. The monoisotopic (exact) mass is 417 g/mol. The highest BCUT2D eigenvalue weighted by Gasteiger charge is 2.16. The lowest BCUT2D eigenvalue weighted by molar-refractivity contribution is 0.104. The molecule has 0 saturated carbocycles. The summed E-state index contributed by atoms with van der Waals surface area (Å²) in [6.45, 7) is 0.632. The summed E-state index contributed by atoms with van der Waals surface area (Å²) >= 11 is 6.21. The van der Waals surface area contributed by atoms with Gasteiger partial charge in [-0.1, -0.05) is 54.1 Å². The van der Waals surface area contributed by atoms with Gasteiger partial charge in [0.05, 0.1) is 12.7 Å². The standard InChI is InChI=1S/C25H20ClNO3/c1-30-25-10-6-5-9-19(25)23(28)14-24(29)21-16-27(15-17-7-3-2-4-8-17)22-12-11-18(26)13-20(21)22/h2-14,16,29H,15H2,1H3. The molecule has 0 amide bonds. The number of methoxy groups -OCH3 is 1. The summed E-state index contributed by atoms with van der Waals surface area (Å²) in [5.74, 6) is 0.00187. The molecule has 0 aliphatic heterocycles. The summed E-state index contributed by atoms with van der Waals surface area (Å²) < 4.78 is 7.29. The molecule has 3 aromatic carbocycles. The van der Waals surface area contributed by atoms with Gasteiger partial charge in [0.2, 0.25) is 0 Å². The Bertz CT molecular complexity index is 1240. The van der Waals surface area contributed by atoms with Crippen LogP contribution in [-0.4, -0.2) is 22.6 Å². The zero-order valence-corrected chi connectivity index (χ0v) is 17.1. The predicted octanol–water partition coefficient (Wildman–Crippen LogP) is 6.13. The largest absolute Gasteiger partial charge is 0.507 e. The number of fused-ring (bicyclic) bond motifs is 1. The van der Waals surface area contributed by atoms with Crippen LogP contribution in [0.5, 0.6) is 5.75 Å². The number of aliphatic hydroxyl groups excluding tert-OH is 1. The highest BCUT2D eigenvalue weighted by molar-refractivity contribution is 6.31. The molecular weight excluding hydrogens is 398 g/mol. The summed E-state index contributed by atoms with van der Waals surface area (Å²) in [6, 6.07) is 22.5. The van der Waals surface area contributed by atoms with Crippen molar-refractivity contribution >= 4 is 34.0 Å². The van der Waals surface area contributed by atoms with Gasteiger partial charge in [0.1, 0.15) is 11.5 Å². The molecule has 30 heavy (non-hydrogen) atoms. The Morgan fingerprint density at radius 1 is 1.03 bits per heavy atom. The summed E-state index contributed by atoms with van der Waals surface area (Å²) in [5.41, 5.74) is 2.98. The Morgan fingerprint density at radius 2 is 1.77 bits per heavy atom. The van der Waals surface area contributed by atoms with Gasteiger partial charge >= 0.3 is 0 Å². The molecule has 0 saturated heterocycles. The van der Waals surface area contributed by atoms with Crippen molar-refractivity contribution in [3.8, 4) is 5.75 Å². The normalized spacial score (nSPS) is 11.6. The number of hydrogen-bond donors (Lipinski definition) is 1. The van der Waals surface area contributed by atoms with E-state index >= 15 is 0 Å². The van der Waals surface area contributed by atoms with Crippen molar-refractivity contribution in [1.29, 1.82) is 0 Å². The van der Waals surface area contributed by atoms with E-state index in [-0.39, 0.29) is 11.5 Å². The maximum absolute atomic E-state index is 12.8. The average molecular weight is 418 g/mol. The topological polar surface area (TPSA) is 51.5 Å². The van der Waals surface area contributed by atoms with E-state index in [2.05, 4.69) is 0 Å². The van der Waals surface area contributed by atoms with Gasteiger partial charge in [-0.05, 0) is 35.9 Å². The Morgan fingerprint density at radius 3 is 2.53 bits per heavy atom. The molecule has 0 bridgehead atoms. The van der Waals surface area contributed by atoms with E-state index in [0.29, 0.717) is 28.4 Å². The predicted molar refractivity (Wildman–Crippen MR) is 120 cm³/mol. The number of benzene rings is 3. The molecule has 4 aromatic rings. The van der Waals surface area contributed by atoms with Crippen molar-refractivity contribution < 1.29 is 14.6 Å². The summed E-state index contributed by atoms with van der Waals surface area (Å²) in [5, 5.41) is 12.2. The molecule has 0 fully saturated rings. The second kappa shape index (κ2) is 8.47. The van der Waals surface area contributed by atoms with E-state index in [1.54, 1.807) is 30.3 Å². The second-order valence-electron chi connectivity index (χ2n) is 6.91. The molecular formula is C25H20ClNO3. The van der Waals surface area contributed by atoms with Crippen LogP contribution in [0.1, 0.15) is 21.5 Å². The highest BCUT2D eigenvalue weighted by atomic mass is 35.5.